The monoisotopic (exact) mass is 527 g/mol. The van der Waals surface area contributed by atoms with E-state index in [1.807, 2.05) is 13.8 Å². The number of hydrogen-bond donors (Lipinski definition) is 1. The van der Waals surface area contributed by atoms with Crippen molar-refractivity contribution in [3.05, 3.63) is 23.8 Å². The highest BCUT2D eigenvalue weighted by molar-refractivity contribution is 5.76. The quantitative estimate of drug-likeness (QED) is 0.222. The van der Waals surface area contributed by atoms with Crippen LogP contribution in [0.15, 0.2) is 18.2 Å². The molecular weight excluding hydrogens is 490 g/mol. The fourth-order valence-corrected chi connectivity index (χ4v) is 2.63. The highest BCUT2D eigenvalue weighted by Crippen LogP contribution is 2.30. The summed E-state index contributed by atoms with van der Waals surface area (Å²) in [7, 11) is 0. The fraction of sp³-hybridized carbons (Fsp3) is 0.600. The van der Waals surface area contributed by atoms with Gasteiger partial charge >= 0.3 is 24.4 Å². The van der Waals surface area contributed by atoms with Crippen LogP contribution in [-0.2, 0) is 34.9 Å². The molecule has 1 aromatic rings. The molecule has 0 heterocycles. The molecule has 0 aliphatic rings. The van der Waals surface area contributed by atoms with Crippen LogP contribution in [0.25, 0.3) is 0 Å². The van der Waals surface area contributed by atoms with E-state index in [2.05, 4.69) is 0 Å². The van der Waals surface area contributed by atoms with Gasteiger partial charge in [0, 0.05) is 0 Å². The predicted octanol–water partition coefficient (Wildman–Crippen LogP) is 4.15. The molecule has 1 unspecified atom stereocenters. The molecule has 0 saturated heterocycles. The first-order chi connectivity index (χ1) is 17.5. The van der Waals surface area contributed by atoms with Crippen LogP contribution in [0.1, 0.15) is 53.5 Å². The normalized spacial score (nSPS) is 13.8. The molecule has 4 atom stereocenters. The number of carbonyl (C=O) groups is 4. The lowest BCUT2D eigenvalue weighted by molar-refractivity contribution is -0.155. The summed E-state index contributed by atoms with van der Waals surface area (Å²) in [4.78, 5) is 47.9. The van der Waals surface area contributed by atoms with Gasteiger partial charge in [0.2, 0.25) is 0 Å². The molecule has 1 aromatic carbocycles. The first kappa shape index (κ1) is 31.5. The highest BCUT2D eigenvalue weighted by Gasteiger charge is 2.25. The molecule has 0 fully saturated rings. The first-order valence-electron chi connectivity index (χ1n) is 12.1. The minimum atomic E-state index is -1.10. The van der Waals surface area contributed by atoms with E-state index >= 15 is 0 Å². The summed E-state index contributed by atoms with van der Waals surface area (Å²) in [5.41, 5.74) is 6.49. The molecule has 0 spiro atoms. The predicted molar refractivity (Wildman–Crippen MR) is 130 cm³/mol. The number of ether oxygens (including phenoxy) is 7. The number of benzene rings is 1. The number of esters is 1. The van der Waals surface area contributed by atoms with Gasteiger partial charge in [0.25, 0.3) is 0 Å². The van der Waals surface area contributed by atoms with Gasteiger partial charge in [0.05, 0.1) is 19.8 Å². The Morgan fingerprint density at radius 1 is 0.784 bits per heavy atom. The Morgan fingerprint density at radius 3 is 1.92 bits per heavy atom. The molecule has 0 bridgehead atoms. The number of nitrogens with two attached hydrogens (primary N) is 1. The Hall–Kier alpha value is -3.54. The molecule has 1 rings (SSSR count). The SMILES string of the molecule is CCOC(=O)Oc1ccc(C[C@H](N)C(=O)O[C@@H](C)[C@H](C)OC(=O)OCC(C)CC)cc1OC(=O)OCC. The second-order valence-electron chi connectivity index (χ2n) is 8.20. The molecule has 208 valence electrons. The maximum atomic E-state index is 12.5. The van der Waals surface area contributed by atoms with Crippen LogP contribution in [0.3, 0.4) is 0 Å². The summed E-state index contributed by atoms with van der Waals surface area (Å²) >= 11 is 0. The average molecular weight is 528 g/mol. The maximum absolute atomic E-state index is 12.5. The molecule has 0 amide bonds. The summed E-state index contributed by atoms with van der Waals surface area (Å²) in [6.45, 7) is 10.6. The third-order valence-electron chi connectivity index (χ3n) is 5.11. The van der Waals surface area contributed by atoms with Crippen molar-refractivity contribution >= 4 is 24.4 Å². The zero-order chi connectivity index (χ0) is 28.0. The summed E-state index contributed by atoms with van der Waals surface area (Å²) in [5.74, 6) is -0.761. The lowest BCUT2D eigenvalue weighted by Crippen LogP contribution is -2.39. The van der Waals surface area contributed by atoms with Crippen molar-refractivity contribution in [2.75, 3.05) is 19.8 Å². The van der Waals surface area contributed by atoms with Gasteiger partial charge in [-0.2, -0.15) is 0 Å². The first-order valence-corrected chi connectivity index (χ1v) is 12.1. The van der Waals surface area contributed by atoms with E-state index in [9.17, 15) is 19.2 Å². The summed E-state index contributed by atoms with van der Waals surface area (Å²) in [6, 6.07) is 3.17. The van der Waals surface area contributed by atoms with Crippen molar-refractivity contribution in [3.63, 3.8) is 0 Å². The molecule has 0 aromatic heterocycles. The summed E-state index contributed by atoms with van der Waals surface area (Å²) in [6.07, 6.45) is -3.56. The Morgan fingerprint density at radius 2 is 1.35 bits per heavy atom. The standard InChI is InChI=1S/C25H37NO11/c1-7-15(4)14-33-25(30)35-17(6)16(5)34-22(27)19(26)12-18-10-11-20(36-23(28)31-8-2)21(13-18)37-24(29)32-9-3/h10-11,13,15-17,19H,7-9,12,14,26H2,1-6H3/t15?,16-,17-,19-/m0/s1. The number of rotatable bonds is 13. The molecule has 12 nitrogen and oxygen atoms in total. The van der Waals surface area contributed by atoms with Crippen molar-refractivity contribution < 1.29 is 52.3 Å². The van der Waals surface area contributed by atoms with E-state index in [1.54, 1.807) is 27.7 Å². The van der Waals surface area contributed by atoms with E-state index in [0.29, 0.717) is 5.56 Å². The molecular formula is C25H37NO11. The van der Waals surface area contributed by atoms with Crippen LogP contribution in [-0.4, -0.2) is 62.5 Å². The summed E-state index contributed by atoms with van der Waals surface area (Å²) in [5, 5.41) is 0. The molecule has 0 aliphatic carbocycles. The molecule has 37 heavy (non-hydrogen) atoms. The Labute approximate surface area is 216 Å². The van der Waals surface area contributed by atoms with E-state index in [1.165, 1.54) is 18.2 Å². The van der Waals surface area contributed by atoms with Gasteiger partial charge < -0.3 is 38.9 Å². The van der Waals surface area contributed by atoms with Crippen LogP contribution in [0.2, 0.25) is 0 Å². The minimum Gasteiger partial charge on any atom is -0.458 e. The highest BCUT2D eigenvalue weighted by atomic mass is 16.7. The van der Waals surface area contributed by atoms with Crippen molar-refractivity contribution in [2.45, 2.75) is 72.6 Å². The Balaban J connectivity index is 2.79. The van der Waals surface area contributed by atoms with Crippen LogP contribution in [0.5, 0.6) is 11.5 Å². The van der Waals surface area contributed by atoms with Crippen molar-refractivity contribution in [3.8, 4) is 11.5 Å². The molecule has 0 aliphatic heterocycles. The van der Waals surface area contributed by atoms with Gasteiger partial charge in [-0.1, -0.05) is 26.3 Å². The molecule has 0 radical (unpaired) electrons. The Bertz CT molecular complexity index is 905. The van der Waals surface area contributed by atoms with Crippen molar-refractivity contribution in [1.82, 2.24) is 0 Å². The van der Waals surface area contributed by atoms with E-state index in [4.69, 9.17) is 38.9 Å². The van der Waals surface area contributed by atoms with Crippen LogP contribution >= 0.6 is 0 Å². The van der Waals surface area contributed by atoms with E-state index < -0.39 is 42.7 Å². The van der Waals surface area contributed by atoms with E-state index in [0.717, 1.165) is 6.42 Å². The molecule has 0 saturated carbocycles. The second-order valence-corrected chi connectivity index (χ2v) is 8.20. The third-order valence-corrected chi connectivity index (χ3v) is 5.11. The number of hydrogen-bond acceptors (Lipinski definition) is 12. The van der Waals surface area contributed by atoms with Gasteiger partial charge in [-0.3, -0.25) is 4.79 Å². The van der Waals surface area contributed by atoms with E-state index in [-0.39, 0.29) is 43.7 Å². The van der Waals surface area contributed by atoms with Gasteiger partial charge in [0.1, 0.15) is 18.2 Å². The lowest BCUT2D eigenvalue weighted by Gasteiger charge is -2.22. The lowest BCUT2D eigenvalue weighted by atomic mass is 10.1. The van der Waals surface area contributed by atoms with Crippen molar-refractivity contribution in [2.24, 2.45) is 11.7 Å². The maximum Gasteiger partial charge on any atom is 0.513 e. The van der Waals surface area contributed by atoms with Crippen LogP contribution < -0.4 is 15.2 Å². The minimum absolute atomic E-state index is 0.00336. The van der Waals surface area contributed by atoms with Crippen molar-refractivity contribution in [1.29, 1.82) is 0 Å². The van der Waals surface area contributed by atoms with Gasteiger partial charge in [-0.05, 0) is 57.7 Å². The zero-order valence-electron chi connectivity index (χ0n) is 22.1. The van der Waals surface area contributed by atoms with Crippen LogP contribution in [0.4, 0.5) is 14.4 Å². The Kier molecular flexibility index (Phi) is 13.8. The molecule has 2 N–H and O–H groups in total. The third kappa shape index (κ3) is 11.8. The topological polar surface area (TPSA) is 159 Å². The fourth-order valence-electron chi connectivity index (χ4n) is 2.63. The summed E-state index contributed by atoms with van der Waals surface area (Å²) < 4.78 is 35.2. The zero-order valence-corrected chi connectivity index (χ0v) is 22.1. The van der Waals surface area contributed by atoms with Gasteiger partial charge in [-0.15, -0.1) is 0 Å². The number of carbonyl (C=O) groups excluding carboxylic acids is 4. The average Bonchev–Trinajstić information content (AvgIpc) is 2.84. The smallest absolute Gasteiger partial charge is 0.458 e. The molecule has 12 heteroatoms. The largest absolute Gasteiger partial charge is 0.513 e. The van der Waals surface area contributed by atoms with Crippen LogP contribution in [0, 0.1) is 5.92 Å². The van der Waals surface area contributed by atoms with Gasteiger partial charge in [0.15, 0.2) is 11.5 Å². The van der Waals surface area contributed by atoms with Gasteiger partial charge in [-0.25, -0.2) is 14.4 Å². The second kappa shape index (κ2) is 16.3.